The highest BCUT2D eigenvalue weighted by atomic mass is 16.5. The number of nitrogens with zero attached hydrogens (tertiary/aromatic N) is 3. The Balaban J connectivity index is 0.00000256. The number of anilines is 1. The first-order valence-corrected chi connectivity index (χ1v) is 9.82. The van der Waals surface area contributed by atoms with Crippen LogP contribution in [0.5, 0.6) is 11.8 Å². The average molecular weight is 410 g/mol. The van der Waals surface area contributed by atoms with Crippen LogP contribution in [0.1, 0.15) is 24.3 Å². The molecular formula is C23H31N5O2. The molecule has 2 N–H and O–H groups in total. The van der Waals surface area contributed by atoms with Gasteiger partial charge in [-0.2, -0.15) is 0 Å². The quantitative estimate of drug-likeness (QED) is 0.521. The molecule has 0 saturated heterocycles. The van der Waals surface area contributed by atoms with Crippen molar-refractivity contribution in [3.05, 3.63) is 77.6 Å². The summed E-state index contributed by atoms with van der Waals surface area (Å²) in [6.45, 7) is 4.50. The molecular weight excluding hydrogens is 378 g/mol. The molecule has 0 bridgehead atoms. The maximum absolute atomic E-state index is 12.7. The van der Waals surface area contributed by atoms with Crippen molar-refractivity contribution in [3.8, 4) is 11.8 Å². The van der Waals surface area contributed by atoms with Gasteiger partial charge in [0.15, 0.2) is 0 Å². The third kappa shape index (κ3) is 6.37. The Hall–Kier alpha value is -3.29. The molecule has 0 aliphatic heterocycles. The largest absolute Gasteiger partial charge is 0.424 e. The Morgan fingerprint density at radius 1 is 1.10 bits per heavy atom. The maximum Gasteiger partial charge on any atom is 0.321 e. The number of nitrogens with one attached hydrogen (secondary N) is 2. The van der Waals surface area contributed by atoms with Gasteiger partial charge in [-0.1, -0.05) is 18.2 Å². The molecule has 7 heteroatoms. The molecule has 3 rings (SSSR count). The Morgan fingerprint density at radius 3 is 2.67 bits per heavy atom. The standard InChI is InChI=1S/C23H27N5O2.2H2/c1-17-8-9-20(15-21(17)30-23-25-10-5-11-26-23)27-22(29)19-7-4-6-18(14-19)16-24-12-13-28(2)3;;/h4-11,14-15,24H,12-13,16H2,1-3H3,(H,27,29);2*1H. The Labute approximate surface area is 180 Å². The number of hydrogen-bond donors (Lipinski definition) is 2. The number of amides is 1. The van der Waals surface area contributed by atoms with Crippen LogP contribution in [-0.2, 0) is 6.54 Å². The third-order valence-electron chi connectivity index (χ3n) is 4.44. The van der Waals surface area contributed by atoms with Crippen LogP contribution < -0.4 is 15.4 Å². The molecule has 1 aromatic heterocycles. The highest BCUT2D eigenvalue weighted by Gasteiger charge is 2.10. The van der Waals surface area contributed by atoms with Crippen molar-refractivity contribution in [1.82, 2.24) is 20.2 Å². The molecule has 0 unspecified atom stereocenters. The van der Waals surface area contributed by atoms with Crippen LogP contribution in [-0.4, -0.2) is 48.0 Å². The summed E-state index contributed by atoms with van der Waals surface area (Å²) >= 11 is 0. The van der Waals surface area contributed by atoms with E-state index < -0.39 is 0 Å². The SMILES string of the molecule is Cc1ccc(NC(=O)c2cccc(CNCCN(C)C)c2)cc1Oc1ncccn1.[HH].[HH]. The number of aromatic nitrogens is 2. The van der Waals surface area contributed by atoms with Gasteiger partial charge in [0, 0.05) is 52.2 Å². The van der Waals surface area contributed by atoms with Gasteiger partial charge in [0.05, 0.1) is 0 Å². The summed E-state index contributed by atoms with van der Waals surface area (Å²) in [6, 6.07) is 15.1. The molecule has 0 saturated carbocycles. The van der Waals surface area contributed by atoms with Gasteiger partial charge in [-0.3, -0.25) is 4.79 Å². The Morgan fingerprint density at radius 2 is 1.90 bits per heavy atom. The van der Waals surface area contributed by atoms with Gasteiger partial charge in [0.1, 0.15) is 5.75 Å². The van der Waals surface area contributed by atoms with Crippen molar-refractivity contribution in [1.29, 1.82) is 0 Å². The number of ether oxygens (including phenoxy) is 1. The first-order chi connectivity index (χ1) is 14.5. The van der Waals surface area contributed by atoms with Crippen LogP contribution in [0.15, 0.2) is 60.9 Å². The van der Waals surface area contributed by atoms with Crippen molar-refractivity contribution < 1.29 is 12.4 Å². The molecule has 7 nitrogen and oxygen atoms in total. The summed E-state index contributed by atoms with van der Waals surface area (Å²) in [5.74, 6) is 0.425. The van der Waals surface area contributed by atoms with E-state index in [1.54, 1.807) is 24.5 Å². The lowest BCUT2D eigenvalue weighted by Crippen LogP contribution is -2.26. The summed E-state index contributed by atoms with van der Waals surface area (Å²) in [5.41, 5.74) is 3.24. The highest BCUT2D eigenvalue weighted by Crippen LogP contribution is 2.26. The Kier molecular flexibility index (Phi) is 7.48. The molecule has 0 atom stereocenters. The topological polar surface area (TPSA) is 79.4 Å². The third-order valence-corrected chi connectivity index (χ3v) is 4.44. The number of likely N-dealkylation sites (N-methyl/N-ethyl adjacent to an activating group) is 1. The zero-order valence-corrected chi connectivity index (χ0v) is 17.6. The van der Waals surface area contributed by atoms with Crippen LogP contribution in [0.25, 0.3) is 0 Å². The summed E-state index contributed by atoms with van der Waals surface area (Å²) in [4.78, 5) is 23.0. The van der Waals surface area contributed by atoms with Gasteiger partial charge >= 0.3 is 6.01 Å². The van der Waals surface area contributed by atoms with Crippen molar-refractivity contribution >= 4 is 11.6 Å². The number of aryl methyl sites for hydroxylation is 1. The van der Waals surface area contributed by atoms with Gasteiger partial charge in [-0.05, 0) is 56.4 Å². The molecule has 30 heavy (non-hydrogen) atoms. The molecule has 1 heterocycles. The number of carbonyl (C=O) groups is 1. The molecule has 2 aromatic carbocycles. The van der Waals surface area contributed by atoms with E-state index in [-0.39, 0.29) is 14.8 Å². The minimum atomic E-state index is -0.170. The van der Waals surface area contributed by atoms with E-state index in [1.165, 1.54) is 0 Å². The summed E-state index contributed by atoms with van der Waals surface area (Å²) in [7, 11) is 4.09. The predicted octanol–water partition coefficient (Wildman–Crippen LogP) is 3.97. The molecule has 0 fully saturated rings. The lowest BCUT2D eigenvalue weighted by atomic mass is 10.1. The van der Waals surface area contributed by atoms with Gasteiger partial charge in [-0.15, -0.1) is 0 Å². The zero-order valence-electron chi connectivity index (χ0n) is 17.6. The summed E-state index contributed by atoms with van der Waals surface area (Å²) in [6.07, 6.45) is 3.23. The van der Waals surface area contributed by atoms with Gasteiger partial charge in [0.25, 0.3) is 5.91 Å². The molecule has 0 radical (unpaired) electrons. The van der Waals surface area contributed by atoms with Crippen LogP contribution in [0.3, 0.4) is 0 Å². The zero-order chi connectivity index (χ0) is 21.3. The molecule has 0 aliphatic carbocycles. The first kappa shape index (κ1) is 21.4. The first-order valence-electron chi connectivity index (χ1n) is 9.82. The minimum Gasteiger partial charge on any atom is -0.424 e. The van der Waals surface area contributed by atoms with Crippen molar-refractivity contribution in [3.63, 3.8) is 0 Å². The number of rotatable bonds is 9. The molecule has 0 aliphatic rings. The second-order valence-electron chi connectivity index (χ2n) is 7.25. The molecule has 160 valence electrons. The van der Waals surface area contributed by atoms with Crippen LogP contribution in [0.4, 0.5) is 5.69 Å². The molecule has 3 aromatic rings. The highest BCUT2D eigenvalue weighted by molar-refractivity contribution is 6.04. The van der Waals surface area contributed by atoms with E-state index in [0.29, 0.717) is 23.5 Å². The lowest BCUT2D eigenvalue weighted by molar-refractivity contribution is 0.102. The lowest BCUT2D eigenvalue weighted by Gasteiger charge is -2.12. The fraction of sp³-hybridized carbons (Fsp3) is 0.261. The number of carbonyl (C=O) groups excluding carboxylic acids is 1. The summed E-state index contributed by atoms with van der Waals surface area (Å²) < 4.78 is 5.74. The van der Waals surface area contributed by atoms with Crippen molar-refractivity contribution in [2.45, 2.75) is 13.5 Å². The average Bonchev–Trinajstić information content (AvgIpc) is 2.74. The fourth-order valence-corrected chi connectivity index (χ4v) is 2.79. The fourth-order valence-electron chi connectivity index (χ4n) is 2.79. The second kappa shape index (κ2) is 10.5. The van der Waals surface area contributed by atoms with Crippen molar-refractivity contribution in [2.75, 3.05) is 32.5 Å². The smallest absolute Gasteiger partial charge is 0.321 e. The predicted molar refractivity (Wildman–Crippen MR) is 122 cm³/mol. The van der Waals surface area contributed by atoms with E-state index in [1.807, 2.05) is 57.4 Å². The van der Waals surface area contributed by atoms with E-state index in [0.717, 1.165) is 24.2 Å². The van der Waals surface area contributed by atoms with Gasteiger partial charge in [0.2, 0.25) is 0 Å². The molecule has 1 amide bonds. The van der Waals surface area contributed by atoms with Gasteiger partial charge < -0.3 is 20.3 Å². The summed E-state index contributed by atoms with van der Waals surface area (Å²) in [5, 5.41) is 6.32. The number of benzene rings is 2. The van der Waals surface area contributed by atoms with E-state index in [4.69, 9.17) is 4.74 Å². The second-order valence-corrected chi connectivity index (χ2v) is 7.25. The van der Waals surface area contributed by atoms with E-state index in [2.05, 4.69) is 25.5 Å². The monoisotopic (exact) mass is 409 g/mol. The van der Waals surface area contributed by atoms with Crippen LogP contribution >= 0.6 is 0 Å². The maximum atomic E-state index is 12.7. The van der Waals surface area contributed by atoms with E-state index >= 15 is 0 Å². The molecule has 0 spiro atoms. The van der Waals surface area contributed by atoms with Gasteiger partial charge in [-0.25, -0.2) is 9.97 Å². The normalized spacial score (nSPS) is 10.8. The van der Waals surface area contributed by atoms with Crippen LogP contribution in [0.2, 0.25) is 0 Å². The Bertz CT molecular complexity index is 987. The minimum absolute atomic E-state index is 0. The van der Waals surface area contributed by atoms with Crippen LogP contribution in [0, 0.1) is 6.92 Å². The number of hydrogen-bond acceptors (Lipinski definition) is 6. The van der Waals surface area contributed by atoms with E-state index in [9.17, 15) is 4.79 Å². The van der Waals surface area contributed by atoms with Crippen molar-refractivity contribution in [2.24, 2.45) is 0 Å².